The summed E-state index contributed by atoms with van der Waals surface area (Å²) < 4.78 is 0. The molecule has 8 rings (SSSR count). The Hall–Kier alpha value is -6.58. The van der Waals surface area contributed by atoms with E-state index in [4.69, 9.17) is 0 Å². The SMILES string of the molecule is Cc1cc2c(c(O)c1-c1c(C)cc3c(C(C)C)c(O)c(O)c(C=N[C@@H](Cc4c[nH]c5ccccc45)C(=O)O)c3c1O)/C(=C/N[C@@H](Cc1c[nH]c3ccccc13)C(=O)O)C(=O)C(O)C2C(C)C.[Na+]. The number of Topliss-reactive ketones (excluding diaryl/α,β-unsaturated/α-hetero) is 1. The number of H-pyrrole nitrogens is 2. The number of aryl methyl sites for hydroxylation is 2. The third-order valence-corrected chi connectivity index (χ3v) is 13.0. The van der Waals surface area contributed by atoms with Crippen molar-refractivity contribution in [3.63, 3.8) is 0 Å². The molecule has 10 N–H and O–H groups in total. The van der Waals surface area contributed by atoms with E-state index in [1.54, 1.807) is 52.2 Å². The van der Waals surface area contributed by atoms with Crippen LogP contribution in [0.15, 0.2) is 84.2 Å². The smallest absolute Gasteiger partial charge is 0.507 e. The summed E-state index contributed by atoms with van der Waals surface area (Å²) in [6, 6.07) is 15.7. The van der Waals surface area contributed by atoms with Gasteiger partial charge >= 0.3 is 41.5 Å². The number of nitrogens with one attached hydrogen (secondary N) is 3. The van der Waals surface area contributed by atoms with Gasteiger partial charge in [0.25, 0.3) is 0 Å². The topological polar surface area (TPSA) is 249 Å². The van der Waals surface area contributed by atoms with Gasteiger partial charge in [-0.3, -0.25) is 9.79 Å². The zero-order valence-electron chi connectivity index (χ0n) is 38.3. The summed E-state index contributed by atoms with van der Waals surface area (Å²) in [5, 5.41) is 85.4. The van der Waals surface area contributed by atoms with Crippen LogP contribution in [0.4, 0.5) is 0 Å². The van der Waals surface area contributed by atoms with Crippen LogP contribution in [-0.4, -0.2) is 87.8 Å². The minimum Gasteiger partial charge on any atom is -0.507 e. The number of para-hydroxylation sites is 2. The molecule has 67 heavy (non-hydrogen) atoms. The average molecular weight is 916 g/mol. The van der Waals surface area contributed by atoms with Gasteiger partial charge in [0.2, 0.25) is 0 Å². The summed E-state index contributed by atoms with van der Waals surface area (Å²) in [7, 11) is 0. The van der Waals surface area contributed by atoms with Crippen molar-refractivity contribution in [2.24, 2.45) is 10.9 Å². The molecular formula is C52H52N4NaO10+. The normalized spacial score (nSPS) is 16.6. The predicted molar refractivity (Wildman–Crippen MR) is 254 cm³/mol. The van der Waals surface area contributed by atoms with Crippen molar-refractivity contribution in [3.8, 4) is 34.1 Å². The number of ketones is 1. The maximum Gasteiger partial charge on any atom is 1.00 e. The molecular weight excluding hydrogens is 864 g/mol. The van der Waals surface area contributed by atoms with Crippen LogP contribution >= 0.6 is 0 Å². The van der Waals surface area contributed by atoms with Crippen LogP contribution < -0.4 is 34.9 Å². The van der Waals surface area contributed by atoms with E-state index in [1.165, 1.54) is 6.20 Å². The molecule has 0 bridgehead atoms. The number of hydrogen-bond donors (Lipinski definition) is 10. The Morgan fingerprint density at radius 1 is 0.746 bits per heavy atom. The van der Waals surface area contributed by atoms with Gasteiger partial charge in [0.1, 0.15) is 23.6 Å². The van der Waals surface area contributed by atoms with Gasteiger partial charge in [-0.2, -0.15) is 0 Å². The summed E-state index contributed by atoms with van der Waals surface area (Å²) in [5.74, 6) is -6.57. The monoisotopic (exact) mass is 915 g/mol. The van der Waals surface area contributed by atoms with Crippen LogP contribution in [0.5, 0.6) is 23.0 Å². The second kappa shape index (κ2) is 19.0. The van der Waals surface area contributed by atoms with Gasteiger partial charge < -0.3 is 51.0 Å². The van der Waals surface area contributed by atoms with Gasteiger partial charge in [-0.05, 0) is 71.0 Å². The van der Waals surface area contributed by atoms with Gasteiger partial charge in [-0.15, -0.1) is 0 Å². The van der Waals surface area contributed by atoms with Gasteiger partial charge in [-0.25, -0.2) is 9.59 Å². The standard InChI is InChI=1S/C52H52N4O10.Na/c1-23(2)39-31-15-25(5)41(47(59)43(31)33(45(57)49(39)61)21-55-37(51(63)64)17-27-19-53-35-13-9-7-11-29(27)35)42-26(6)16-32-40(24(3)4)50(62)46(58)34(44(32)48(42)60)22-56-38(52(65)66)18-28-20-54-36-14-10-8-12-30(28)36;/h7-16,19-24,37-39,49,53-55,58-62H,17-18H2,1-6H3,(H,63,64)(H,65,66);/q;+1/b33-21-,56-22?;/t37-,38-,39?,49?;/m0./s1. The summed E-state index contributed by atoms with van der Waals surface area (Å²) >= 11 is 0. The van der Waals surface area contributed by atoms with Crippen molar-refractivity contribution < 1.29 is 79.7 Å². The van der Waals surface area contributed by atoms with Gasteiger partial charge in [0, 0.05) is 104 Å². The summed E-state index contributed by atoms with van der Waals surface area (Å²) in [6.45, 7) is 10.7. The van der Waals surface area contributed by atoms with Crippen LogP contribution in [0, 0.1) is 19.8 Å². The van der Waals surface area contributed by atoms with E-state index in [0.717, 1.165) is 33.6 Å². The van der Waals surface area contributed by atoms with Crippen LogP contribution in [0.25, 0.3) is 49.3 Å². The molecule has 7 aromatic rings. The molecule has 0 radical (unpaired) electrons. The van der Waals surface area contributed by atoms with Crippen molar-refractivity contribution in [2.45, 2.75) is 84.4 Å². The molecule has 5 aromatic carbocycles. The van der Waals surface area contributed by atoms with Crippen molar-refractivity contribution in [1.29, 1.82) is 0 Å². The van der Waals surface area contributed by atoms with Crippen LogP contribution in [-0.2, 0) is 27.2 Å². The molecule has 1 aliphatic carbocycles. The quantitative estimate of drug-likeness (QED) is 0.0301. The number of rotatable bonds is 13. The average Bonchev–Trinajstić information content (AvgIpc) is 3.87. The zero-order valence-corrected chi connectivity index (χ0v) is 40.3. The Labute approximate surface area is 408 Å². The third-order valence-electron chi connectivity index (χ3n) is 13.0. The summed E-state index contributed by atoms with van der Waals surface area (Å²) in [4.78, 5) is 50.3. The molecule has 340 valence electrons. The molecule has 2 unspecified atom stereocenters. The predicted octanol–water partition coefficient (Wildman–Crippen LogP) is 5.46. The first-order valence-electron chi connectivity index (χ1n) is 21.8. The number of aliphatic carboxylic acids is 2. The second-order valence-electron chi connectivity index (χ2n) is 17.9. The number of aliphatic hydroxyl groups excluding tert-OH is 1. The van der Waals surface area contributed by atoms with Gasteiger partial charge in [-0.1, -0.05) is 76.2 Å². The molecule has 1 aliphatic rings. The number of aromatic hydroxyl groups is 4. The largest absolute Gasteiger partial charge is 1.00 e. The minimum absolute atomic E-state index is 0. The first-order chi connectivity index (χ1) is 31.4. The van der Waals surface area contributed by atoms with Crippen molar-refractivity contribution in [1.82, 2.24) is 15.3 Å². The molecule has 0 spiro atoms. The number of carboxylic acid groups (broad SMARTS) is 2. The molecule has 2 aromatic heterocycles. The summed E-state index contributed by atoms with van der Waals surface area (Å²) in [5.41, 5.74) is 4.65. The van der Waals surface area contributed by atoms with E-state index in [1.807, 2.05) is 62.4 Å². The number of aliphatic imine (C=N–C) groups is 1. The number of carbonyl (C=O) groups is 3. The van der Waals surface area contributed by atoms with Crippen LogP contribution in [0.3, 0.4) is 0 Å². The molecule has 0 amide bonds. The molecule has 15 heteroatoms. The van der Waals surface area contributed by atoms with Gasteiger partial charge in [0.05, 0.1) is 0 Å². The number of nitrogens with zero attached hydrogens (tertiary/aromatic N) is 1. The molecule has 0 fully saturated rings. The van der Waals surface area contributed by atoms with Crippen LogP contribution in [0.2, 0.25) is 0 Å². The number of aliphatic hydroxyl groups is 1. The fourth-order valence-electron chi connectivity index (χ4n) is 9.78. The molecule has 2 heterocycles. The Bertz CT molecular complexity index is 3180. The Morgan fingerprint density at radius 2 is 1.31 bits per heavy atom. The molecule has 4 atom stereocenters. The van der Waals surface area contributed by atoms with E-state index in [-0.39, 0.29) is 87.4 Å². The number of aromatic amines is 2. The maximum absolute atomic E-state index is 14.2. The second-order valence-corrected chi connectivity index (χ2v) is 17.9. The van der Waals surface area contributed by atoms with Crippen molar-refractivity contribution in [2.75, 3.05) is 0 Å². The molecule has 0 saturated carbocycles. The number of benzene rings is 5. The number of carboxylic acids is 2. The van der Waals surface area contributed by atoms with E-state index in [2.05, 4.69) is 20.3 Å². The fraction of sp³-hybridized carbons (Fsp3) is 0.269. The number of phenols is 4. The number of fused-ring (bicyclic) bond motifs is 4. The maximum atomic E-state index is 14.2. The number of phenolic OH excluding ortho intramolecular Hbond substituents is 4. The fourth-order valence-corrected chi connectivity index (χ4v) is 9.78. The molecule has 0 aliphatic heterocycles. The minimum atomic E-state index is -1.53. The molecule has 14 nitrogen and oxygen atoms in total. The van der Waals surface area contributed by atoms with E-state index in [0.29, 0.717) is 33.2 Å². The number of hydrogen-bond acceptors (Lipinski definition) is 10. The first-order valence-corrected chi connectivity index (χ1v) is 21.8. The van der Waals surface area contributed by atoms with E-state index in [9.17, 15) is 50.1 Å². The van der Waals surface area contributed by atoms with E-state index >= 15 is 0 Å². The van der Waals surface area contributed by atoms with Crippen LogP contribution in [0.1, 0.15) is 84.0 Å². The first kappa shape index (κ1) is 48.4. The van der Waals surface area contributed by atoms with E-state index < -0.39 is 64.8 Å². The van der Waals surface area contributed by atoms with Crippen molar-refractivity contribution in [3.05, 3.63) is 124 Å². The number of carbonyl (C=O) groups excluding carboxylic acids is 1. The molecule has 0 saturated heterocycles. The zero-order chi connectivity index (χ0) is 47.5. The third kappa shape index (κ3) is 8.54. The van der Waals surface area contributed by atoms with Crippen molar-refractivity contribution >= 4 is 62.1 Å². The Morgan fingerprint density at radius 3 is 1.88 bits per heavy atom. The Balaban J connectivity index is 0.00000666. The summed E-state index contributed by atoms with van der Waals surface area (Å²) in [6.07, 6.45) is 4.27. The van der Waals surface area contributed by atoms with Gasteiger partial charge in [0.15, 0.2) is 23.3 Å². The Kier molecular flexibility index (Phi) is 13.7. The number of aromatic nitrogens is 2.